The van der Waals surface area contributed by atoms with Gasteiger partial charge in [-0.2, -0.15) is 0 Å². The zero-order valence-electron chi connectivity index (χ0n) is 17.8. The van der Waals surface area contributed by atoms with Crippen molar-refractivity contribution in [3.63, 3.8) is 0 Å². The van der Waals surface area contributed by atoms with Gasteiger partial charge in [-0.1, -0.05) is 12.1 Å². The molecule has 4 rings (SSSR count). The van der Waals surface area contributed by atoms with E-state index in [1.54, 1.807) is 36.2 Å². The number of nitrogens with one attached hydrogen (secondary N) is 2. The van der Waals surface area contributed by atoms with Gasteiger partial charge in [0.1, 0.15) is 0 Å². The Hall–Kier alpha value is -4.01. The molecule has 1 aliphatic rings. The lowest BCUT2D eigenvalue weighted by atomic mass is 10.2. The van der Waals surface area contributed by atoms with E-state index in [-0.39, 0.29) is 17.6 Å². The lowest BCUT2D eigenvalue weighted by Gasteiger charge is -2.36. The number of carbonyl (C=O) groups excluding carboxylic acids is 2. The Morgan fingerprint density at radius 1 is 0.938 bits per heavy atom. The number of guanidine groups is 1. The third-order valence-electron chi connectivity index (χ3n) is 5.19. The summed E-state index contributed by atoms with van der Waals surface area (Å²) >= 11 is 0. The van der Waals surface area contributed by atoms with Gasteiger partial charge in [-0.3, -0.25) is 14.6 Å². The molecular weight excluding hydrogens is 410 g/mol. The number of anilines is 1. The molecule has 0 atom stereocenters. The normalized spacial score (nSPS) is 14.3. The van der Waals surface area contributed by atoms with Gasteiger partial charge in [0.25, 0.3) is 11.8 Å². The number of aliphatic imine (C=N–C) groups is 1. The van der Waals surface area contributed by atoms with Crippen molar-refractivity contribution < 1.29 is 18.4 Å². The van der Waals surface area contributed by atoms with Crippen molar-refractivity contribution >= 4 is 23.5 Å². The number of amides is 2. The van der Waals surface area contributed by atoms with Crippen LogP contribution in [0.1, 0.15) is 26.7 Å². The highest BCUT2D eigenvalue weighted by molar-refractivity contribution is 6.02. The van der Waals surface area contributed by atoms with Crippen molar-refractivity contribution in [2.45, 2.75) is 6.54 Å². The average Bonchev–Trinajstić information content (AvgIpc) is 3.54. The van der Waals surface area contributed by atoms with E-state index in [1.807, 2.05) is 24.3 Å². The molecule has 9 nitrogen and oxygen atoms in total. The van der Waals surface area contributed by atoms with E-state index in [0.717, 1.165) is 11.5 Å². The minimum absolute atomic E-state index is 0.0917. The van der Waals surface area contributed by atoms with E-state index in [9.17, 15) is 9.59 Å². The minimum Gasteiger partial charge on any atom is -0.459 e. The summed E-state index contributed by atoms with van der Waals surface area (Å²) in [5.74, 6) is 1.00. The van der Waals surface area contributed by atoms with Crippen molar-refractivity contribution in [1.82, 2.24) is 15.1 Å². The standard InChI is InChI=1S/C23H25N5O4/c1-24-23(28-11-9-27(10-12-28)22(30)20-8-4-14-32-20)25-16-17-5-2-6-18(15-17)26-21(29)19-7-3-13-31-19/h2-8,13-15H,9-12,16H2,1H3,(H,24,25)(H,26,29). The summed E-state index contributed by atoms with van der Waals surface area (Å²) in [6, 6.07) is 14.3. The first-order valence-corrected chi connectivity index (χ1v) is 10.4. The van der Waals surface area contributed by atoms with Gasteiger partial charge in [-0.05, 0) is 42.0 Å². The van der Waals surface area contributed by atoms with Crippen LogP contribution >= 0.6 is 0 Å². The van der Waals surface area contributed by atoms with Crippen molar-refractivity contribution in [3.05, 3.63) is 78.1 Å². The maximum Gasteiger partial charge on any atom is 0.291 e. The van der Waals surface area contributed by atoms with Crippen LogP contribution in [0.2, 0.25) is 0 Å². The minimum atomic E-state index is -0.294. The summed E-state index contributed by atoms with van der Waals surface area (Å²) < 4.78 is 10.3. The molecule has 0 bridgehead atoms. The number of furan rings is 2. The summed E-state index contributed by atoms with van der Waals surface area (Å²) in [6.45, 7) is 3.07. The Labute approximate surface area is 185 Å². The van der Waals surface area contributed by atoms with E-state index in [4.69, 9.17) is 8.83 Å². The second-order valence-electron chi connectivity index (χ2n) is 7.29. The maximum absolute atomic E-state index is 12.4. The number of hydrogen-bond donors (Lipinski definition) is 2. The smallest absolute Gasteiger partial charge is 0.291 e. The second kappa shape index (κ2) is 9.86. The molecule has 1 aliphatic heterocycles. The molecule has 2 N–H and O–H groups in total. The summed E-state index contributed by atoms with van der Waals surface area (Å²) in [6.07, 6.45) is 2.97. The first-order chi connectivity index (χ1) is 15.6. The van der Waals surface area contributed by atoms with Crippen molar-refractivity contribution in [1.29, 1.82) is 0 Å². The van der Waals surface area contributed by atoms with Gasteiger partial charge < -0.3 is 29.3 Å². The zero-order valence-corrected chi connectivity index (χ0v) is 17.8. The van der Waals surface area contributed by atoms with E-state index in [0.29, 0.717) is 44.2 Å². The molecular formula is C23H25N5O4. The predicted octanol–water partition coefficient (Wildman–Crippen LogP) is 2.66. The molecule has 32 heavy (non-hydrogen) atoms. The van der Waals surface area contributed by atoms with Gasteiger partial charge >= 0.3 is 0 Å². The number of piperazine rings is 1. The van der Waals surface area contributed by atoms with Crippen LogP contribution in [0.3, 0.4) is 0 Å². The molecule has 0 spiro atoms. The monoisotopic (exact) mass is 435 g/mol. The van der Waals surface area contributed by atoms with Crippen LogP contribution in [0.5, 0.6) is 0 Å². The second-order valence-corrected chi connectivity index (χ2v) is 7.29. The van der Waals surface area contributed by atoms with Gasteiger partial charge in [0, 0.05) is 45.5 Å². The van der Waals surface area contributed by atoms with Crippen LogP contribution < -0.4 is 10.6 Å². The largest absolute Gasteiger partial charge is 0.459 e. The molecule has 0 aliphatic carbocycles. The maximum atomic E-state index is 12.4. The Bertz CT molecular complexity index is 1070. The van der Waals surface area contributed by atoms with E-state index < -0.39 is 0 Å². The molecule has 166 valence electrons. The zero-order chi connectivity index (χ0) is 22.3. The van der Waals surface area contributed by atoms with Gasteiger partial charge in [0.2, 0.25) is 0 Å². The molecule has 1 aromatic carbocycles. The Morgan fingerprint density at radius 2 is 1.62 bits per heavy atom. The van der Waals surface area contributed by atoms with Gasteiger partial charge in [0.05, 0.1) is 12.5 Å². The lowest BCUT2D eigenvalue weighted by Crippen LogP contribution is -2.53. The number of hydrogen-bond acceptors (Lipinski definition) is 5. The van der Waals surface area contributed by atoms with E-state index in [2.05, 4.69) is 20.5 Å². The Morgan fingerprint density at radius 3 is 2.28 bits per heavy atom. The SMILES string of the molecule is CN=C(NCc1cccc(NC(=O)c2ccco2)c1)N1CCN(C(=O)c2ccco2)CC1. The van der Waals surface area contributed by atoms with Crippen LogP contribution in [0, 0.1) is 0 Å². The Balaban J connectivity index is 1.29. The highest BCUT2D eigenvalue weighted by Crippen LogP contribution is 2.14. The molecule has 9 heteroatoms. The van der Waals surface area contributed by atoms with Crippen molar-refractivity contribution in [2.75, 3.05) is 38.5 Å². The van der Waals surface area contributed by atoms with Crippen LogP contribution in [-0.4, -0.2) is 60.8 Å². The fourth-order valence-corrected chi connectivity index (χ4v) is 3.55. The highest BCUT2D eigenvalue weighted by Gasteiger charge is 2.25. The summed E-state index contributed by atoms with van der Waals surface area (Å²) in [5.41, 5.74) is 1.68. The first-order valence-electron chi connectivity index (χ1n) is 10.4. The summed E-state index contributed by atoms with van der Waals surface area (Å²) in [5, 5.41) is 6.19. The molecule has 2 aromatic heterocycles. The summed E-state index contributed by atoms with van der Waals surface area (Å²) in [7, 11) is 1.74. The van der Waals surface area contributed by atoms with E-state index >= 15 is 0 Å². The number of rotatable bonds is 5. The quantitative estimate of drug-likeness (QED) is 0.472. The van der Waals surface area contributed by atoms with Crippen LogP contribution in [0.4, 0.5) is 5.69 Å². The van der Waals surface area contributed by atoms with E-state index in [1.165, 1.54) is 12.5 Å². The van der Waals surface area contributed by atoms with Crippen LogP contribution in [-0.2, 0) is 6.54 Å². The topological polar surface area (TPSA) is 103 Å². The molecule has 0 saturated carbocycles. The molecule has 1 saturated heterocycles. The molecule has 2 amide bonds. The molecule has 3 aromatic rings. The third-order valence-corrected chi connectivity index (χ3v) is 5.19. The average molecular weight is 435 g/mol. The third kappa shape index (κ3) is 5.00. The van der Waals surface area contributed by atoms with Gasteiger partial charge in [0.15, 0.2) is 17.5 Å². The molecule has 1 fully saturated rings. The van der Waals surface area contributed by atoms with Crippen LogP contribution in [0.15, 0.2) is 74.9 Å². The highest BCUT2D eigenvalue weighted by atomic mass is 16.3. The van der Waals surface area contributed by atoms with Crippen LogP contribution in [0.25, 0.3) is 0 Å². The van der Waals surface area contributed by atoms with Crippen molar-refractivity contribution in [2.24, 2.45) is 4.99 Å². The summed E-state index contributed by atoms with van der Waals surface area (Å²) in [4.78, 5) is 32.9. The van der Waals surface area contributed by atoms with Gasteiger partial charge in [-0.25, -0.2) is 0 Å². The predicted molar refractivity (Wildman–Crippen MR) is 119 cm³/mol. The molecule has 3 heterocycles. The number of nitrogens with zero attached hydrogens (tertiary/aromatic N) is 3. The fraction of sp³-hybridized carbons (Fsp3) is 0.261. The van der Waals surface area contributed by atoms with Crippen molar-refractivity contribution in [3.8, 4) is 0 Å². The van der Waals surface area contributed by atoms with Gasteiger partial charge in [-0.15, -0.1) is 0 Å². The Kier molecular flexibility index (Phi) is 6.54. The number of benzene rings is 1. The molecule has 0 unspecified atom stereocenters. The lowest BCUT2D eigenvalue weighted by molar-refractivity contribution is 0.0657. The fourth-order valence-electron chi connectivity index (χ4n) is 3.55. The molecule has 0 radical (unpaired) electrons. The number of carbonyl (C=O) groups is 2. The first kappa shape index (κ1) is 21.2.